The number of carboxylic acid groups (broad SMARTS) is 1. The van der Waals surface area contributed by atoms with E-state index in [1.807, 2.05) is 0 Å². The van der Waals surface area contributed by atoms with Crippen LogP contribution in [0.4, 0.5) is 0 Å². The normalized spacial score (nSPS) is 11.2. The maximum atomic E-state index is 11.5. The minimum atomic E-state index is -3.47. The molecule has 0 radical (unpaired) electrons. The highest BCUT2D eigenvalue weighted by Gasteiger charge is 2.19. The van der Waals surface area contributed by atoms with Crippen LogP contribution in [0.1, 0.15) is 21.5 Å². The lowest BCUT2D eigenvalue weighted by Gasteiger charge is -2.11. The number of carbonyl (C=O) groups is 2. The lowest BCUT2D eigenvalue weighted by molar-refractivity contribution is -0.107. The lowest BCUT2D eigenvalue weighted by Crippen LogP contribution is -2.09. The van der Waals surface area contributed by atoms with Gasteiger partial charge in [0.25, 0.3) is 0 Å². The van der Waals surface area contributed by atoms with Crippen LogP contribution in [-0.4, -0.2) is 32.0 Å². The Morgan fingerprint density at radius 1 is 1.41 bits per heavy atom. The molecule has 1 aromatic rings. The van der Waals surface area contributed by atoms with Gasteiger partial charge >= 0.3 is 5.97 Å². The second-order valence-electron chi connectivity index (χ2n) is 3.66. The van der Waals surface area contributed by atoms with Gasteiger partial charge in [-0.15, -0.1) is 0 Å². The van der Waals surface area contributed by atoms with Gasteiger partial charge in [0.15, 0.2) is 9.84 Å². The molecule has 5 nitrogen and oxygen atoms in total. The number of rotatable bonds is 4. The van der Waals surface area contributed by atoms with Crippen molar-refractivity contribution in [3.63, 3.8) is 0 Å². The Balaban J connectivity index is 3.61. The predicted molar refractivity (Wildman–Crippen MR) is 61.0 cm³/mol. The van der Waals surface area contributed by atoms with E-state index in [1.165, 1.54) is 19.1 Å². The van der Waals surface area contributed by atoms with E-state index in [4.69, 9.17) is 5.11 Å². The predicted octanol–water partition coefficient (Wildman–Crippen LogP) is 0.838. The highest BCUT2D eigenvalue weighted by Crippen LogP contribution is 2.23. The summed E-state index contributed by atoms with van der Waals surface area (Å²) in [4.78, 5) is 21.5. The van der Waals surface area contributed by atoms with E-state index in [0.29, 0.717) is 11.8 Å². The summed E-state index contributed by atoms with van der Waals surface area (Å²) >= 11 is 0. The van der Waals surface area contributed by atoms with Crippen LogP contribution in [0.3, 0.4) is 0 Å². The summed E-state index contributed by atoms with van der Waals surface area (Å²) in [5.41, 5.74) is 0.573. The van der Waals surface area contributed by atoms with Gasteiger partial charge in [0, 0.05) is 12.7 Å². The molecular weight excluding hydrogens is 244 g/mol. The van der Waals surface area contributed by atoms with E-state index >= 15 is 0 Å². The molecule has 0 aliphatic carbocycles. The second-order valence-corrected chi connectivity index (χ2v) is 5.65. The van der Waals surface area contributed by atoms with Gasteiger partial charge in [-0.05, 0) is 30.2 Å². The minimum Gasteiger partial charge on any atom is -0.478 e. The fourth-order valence-corrected chi connectivity index (χ4v) is 2.65. The van der Waals surface area contributed by atoms with Gasteiger partial charge in [-0.3, -0.25) is 0 Å². The van der Waals surface area contributed by atoms with Gasteiger partial charge < -0.3 is 9.90 Å². The zero-order valence-corrected chi connectivity index (χ0v) is 10.2. The molecule has 0 unspecified atom stereocenters. The Labute approximate surface area is 99.0 Å². The number of benzene rings is 1. The van der Waals surface area contributed by atoms with Crippen LogP contribution in [0.15, 0.2) is 17.0 Å². The number of hydrogen-bond donors (Lipinski definition) is 1. The minimum absolute atomic E-state index is 0.00657. The Morgan fingerprint density at radius 3 is 2.41 bits per heavy atom. The van der Waals surface area contributed by atoms with Crippen LogP contribution >= 0.6 is 0 Å². The molecule has 0 aliphatic heterocycles. The van der Waals surface area contributed by atoms with Crippen LogP contribution in [0, 0.1) is 6.92 Å². The third-order valence-electron chi connectivity index (χ3n) is 2.47. The smallest absolute Gasteiger partial charge is 0.335 e. The molecule has 1 N–H and O–H groups in total. The quantitative estimate of drug-likeness (QED) is 0.806. The number of carboxylic acids is 1. The van der Waals surface area contributed by atoms with E-state index in [1.54, 1.807) is 0 Å². The first-order chi connectivity index (χ1) is 7.79. The van der Waals surface area contributed by atoms with Gasteiger partial charge in [0.2, 0.25) is 0 Å². The number of carbonyl (C=O) groups excluding carboxylic acids is 1. The topological polar surface area (TPSA) is 88.5 Å². The molecule has 0 fully saturated rings. The monoisotopic (exact) mass is 256 g/mol. The van der Waals surface area contributed by atoms with Crippen molar-refractivity contribution in [3.05, 3.63) is 28.8 Å². The molecule has 0 saturated carbocycles. The zero-order chi connectivity index (χ0) is 13.2. The molecule has 0 saturated heterocycles. The number of aldehydes is 1. The van der Waals surface area contributed by atoms with E-state index < -0.39 is 15.8 Å². The van der Waals surface area contributed by atoms with Crippen LogP contribution in [0.2, 0.25) is 0 Å². The molecule has 0 atom stereocenters. The van der Waals surface area contributed by atoms with Gasteiger partial charge in [0.05, 0.1) is 10.5 Å². The van der Waals surface area contributed by atoms with E-state index in [-0.39, 0.29) is 22.4 Å². The molecule has 0 amide bonds. The fraction of sp³-hybridized carbons (Fsp3) is 0.273. The van der Waals surface area contributed by atoms with Crippen LogP contribution in [0.25, 0.3) is 0 Å². The van der Waals surface area contributed by atoms with Crippen molar-refractivity contribution >= 4 is 22.1 Å². The summed E-state index contributed by atoms with van der Waals surface area (Å²) in [6, 6.07) is 2.47. The van der Waals surface area contributed by atoms with E-state index in [0.717, 1.165) is 6.26 Å². The van der Waals surface area contributed by atoms with Crippen molar-refractivity contribution < 1.29 is 23.1 Å². The molecule has 6 heteroatoms. The Kier molecular flexibility index (Phi) is 3.67. The zero-order valence-electron chi connectivity index (χ0n) is 9.43. The fourth-order valence-electron chi connectivity index (χ4n) is 1.65. The Morgan fingerprint density at radius 2 is 2.00 bits per heavy atom. The van der Waals surface area contributed by atoms with Gasteiger partial charge in [-0.25, -0.2) is 13.2 Å². The number of aromatic carboxylic acids is 1. The maximum absolute atomic E-state index is 11.5. The number of hydrogen-bond acceptors (Lipinski definition) is 4. The molecule has 0 heterocycles. The van der Waals surface area contributed by atoms with Crippen molar-refractivity contribution in [2.75, 3.05) is 6.26 Å². The largest absolute Gasteiger partial charge is 0.478 e. The van der Waals surface area contributed by atoms with Crippen molar-refractivity contribution in [2.24, 2.45) is 0 Å². The highest BCUT2D eigenvalue weighted by molar-refractivity contribution is 7.90. The molecule has 0 aliphatic rings. The molecule has 0 bridgehead atoms. The molecule has 0 aromatic heterocycles. The van der Waals surface area contributed by atoms with Gasteiger partial charge in [0.1, 0.15) is 6.29 Å². The summed E-state index contributed by atoms with van der Waals surface area (Å²) < 4.78 is 23.0. The summed E-state index contributed by atoms with van der Waals surface area (Å²) in [6.07, 6.45) is 1.47. The number of sulfone groups is 1. The maximum Gasteiger partial charge on any atom is 0.335 e. The Hall–Kier alpha value is -1.69. The highest BCUT2D eigenvalue weighted by atomic mass is 32.2. The summed E-state index contributed by atoms with van der Waals surface area (Å²) in [7, 11) is -3.47. The van der Waals surface area contributed by atoms with Crippen LogP contribution in [-0.2, 0) is 21.1 Å². The third kappa shape index (κ3) is 2.71. The molecular formula is C11H12O5S. The molecule has 92 valence electrons. The first-order valence-corrected chi connectivity index (χ1v) is 6.67. The van der Waals surface area contributed by atoms with Gasteiger partial charge in [-0.1, -0.05) is 0 Å². The molecule has 1 rings (SSSR count). The molecule has 17 heavy (non-hydrogen) atoms. The van der Waals surface area contributed by atoms with Crippen molar-refractivity contribution in [3.8, 4) is 0 Å². The van der Waals surface area contributed by atoms with Gasteiger partial charge in [-0.2, -0.15) is 0 Å². The van der Waals surface area contributed by atoms with E-state index in [2.05, 4.69) is 0 Å². The lowest BCUT2D eigenvalue weighted by atomic mass is 10.0. The summed E-state index contributed by atoms with van der Waals surface area (Å²) in [5.74, 6) is -1.14. The molecule has 1 aromatic carbocycles. The van der Waals surface area contributed by atoms with Crippen LogP contribution in [0.5, 0.6) is 0 Å². The first-order valence-electron chi connectivity index (χ1n) is 4.78. The first kappa shape index (κ1) is 13.4. The SMILES string of the molecule is Cc1c(C(=O)O)ccc(S(C)(=O)=O)c1CC=O. The third-order valence-corrected chi connectivity index (χ3v) is 3.65. The molecule has 0 spiro atoms. The van der Waals surface area contributed by atoms with E-state index in [9.17, 15) is 18.0 Å². The average Bonchev–Trinajstić information content (AvgIpc) is 2.18. The average molecular weight is 256 g/mol. The summed E-state index contributed by atoms with van der Waals surface area (Å²) in [6.45, 7) is 1.50. The van der Waals surface area contributed by atoms with Crippen molar-refractivity contribution in [1.29, 1.82) is 0 Å². The Bertz CT molecular complexity index is 572. The summed E-state index contributed by atoms with van der Waals surface area (Å²) in [5, 5.41) is 8.91. The standard InChI is InChI=1S/C11H12O5S/c1-7-8(5-6-12)10(17(2,15)16)4-3-9(7)11(13)14/h3-4,6H,5H2,1-2H3,(H,13,14). The van der Waals surface area contributed by atoms with Crippen LogP contribution < -0.4 is 0 Å². The van der Waals surface area contributed by atoms with Crippen molar-refractivity contribution in [2.45, 2.75) is 18.2 Å². The second kappa shape index (κ2) is 4.67. The van der Waals surface area contributed by atoms with Crippen molar-refractivity contribution in [1.82, 2.24) is 0 Å².